The van der Waals surface area contributed by atoms with Crippen LogP contribution in [0.1, 0.15) is 44.3 Å². The normalized spacial score (nSPS) is 12.4. The predicted molar refractivity (Wildman–Crippen MR) is 83.8 cm³/mol. The minimum Gasteiger partial charge on any atom is -0.324 e. The molecule has 1 aromatic heterocycles. The second kappa shape index (κ2) is 7.04. The fraction of sp³-hybridized carbons (Fsp3) is 0.375. The van der Waals surface area contributed by atoms with Gasteiger partial charge in [0.15, 0.2) is 0 Å². The quantitative estimate of drug-likeness (QED) is 0.857. The molecule has 0 spiro atoms. The summed E-state index contributed by atoms with van der Waals surface area (Å²) in [6, 6.07) is 11.7. The number of carbonyl (C=O) groups excluding carboxylic acids is 1. The molecule has 0 saturated heterocycles. The van der Waals surface area contributed by atoms with Gasteiger partial charge in [-0.2, -0.15) is 5.10 Å². The Hall–Kier alpha value is -2.14. The molecule has 2 rings (SSSR count). The van der Waals surface area contributed by atoms with Gasteiger partial charge in [0.2, 0.25) is 5.91 Å². The van der Waals surface area contributed by atoms with Crippen molar-refractivity contribution in [1.82, 2.24) is 9.78 Å². The van der Waals surface area contributed by atoms with Crippen LogP contribution in [0.25, 0.3) is 0 Å². The van der Waals surface area contributed by atoms with E-state index in [1.165, 1.54) is 0 Å². The van der Waals surface area contributed by atoms with Crippen LogP contribution < -0.4 is 11.1 Å². The van der Waals surface area contributed by atoms with Gasteiger partial charge in [-0.15, -0.1) is 0 Å². The molecule has 0 fully saturated rings. The number of amides is 1. The Morgan fingerprint density at radius 3 is 2.67 bits per heavy atom. The average Bonchev–Trinajstić information content (AvgIpc) is 2.94. The first-order chi connectivity index (χ1) is 10.1. The van der Waals surface area contributed by atoms with Crippen molar-refractivity contribution >= 4 is 11.7 Å². The highest BCUT2D eigenvalue weighted by Crippen LogP contribution is 2.17. The second-order valence-electron chi connectivity index (χ2n) is 5.36. The second-order valence-corrected chi connectivity index (χ2v) is 5.36. The third-order valence-electron chi connectivity index (χ3n) is 3.34. The van der Waals surface area contributed by atoms with Crippen LogP contribution in [-0.4, -0.2) is 15.7 Å². The monoisotopic (exact) mass is 286 g/mol. The van der Waals surface area contributed by atoms with Gasteiger partial charge in [0.05, 0.1) is 6.20 Å². The number of rotatable bonds is 6. The van der Waals surface area contributed by atoms with Gasteiger partial charge in [-0.1, -0.05) is 30.3 Å². The minimum absolute atomic E-state index is 0.0382. The van der Waals surface area contributed by atoms with Crippen LogP contribution in [0.2, 0.25) is 0 Å². The van der Waals surface area contributed by atoms with Crippen LogP contribution in [-0.2, 0) is 4.79 Å². The molecule has 1 aromatic carbocycles. The highest BCUT2D eigenvalue weighted by atomic mass is 16.1. The van der Waals surface area contributed by atoms with Crippen LogP contribution in [0.4, 0.5) is 5.82 Å². The summed E-state index contributed by atoms with van der Waals surface area (Å²) in [5.41, 5.74) is 7.15. The van der Waals surface area contributed by atoms with E-state index in [4.69, 9.17) is 5.73 Å². The summed E-state index contributed by atoms with van der Waals surface area (Å²) in [7, 11) is 0. The largest absolute Gasteiger partial charge is 0.324 e. The highest BCUT2D eigenvalue weighted by Gasteiger charge is 2.12. The zero-order valence-electron chi connectivity index (χ0n) is 12.5. The molecule has 5 nitrogen and oxygen atoms in total. The standard InChI is InChI=1S/C16H22N4O/c1-12(2)20-15(10-11-18-20)19-16(21)9-8-14(17)13-6-4-3-5-7-13/h3-7,10-12,14H,8-9,17H2,1-2H3,(H,19,21). The predicted octanol–water partition coefficient (Wildman–Crippen LogP) is 2.88. The van der Waals surface area contributed by atoms with Crippen molar-refractivity contribution in [3.8, 4) is 0 Å². The van der Waals surface area contributed by atoms with Crippen molar-refractivity contribution < 1.29 is 4.79 Å². The maximum atomic E-state index is 12.0. The molecule has 21 heavy (non-hydrogen) atoms. The third kappa shape index (κ3) is 4.16. The number of hydrogen-bond acceptors (Lipinski definition) is 3. The van der Waals surface area contributed by atoms with Gasteiger partial charge in [-0.3, -0.25) is 4.79 Å². The molecule has 0 aliphatic heterocycles. The average molecular weight is 286 g/mol. The van der Waals surface area contributed by atoms with Crippen molar-refractivity contribution in [3.05, 3.63) is 48.2 Å². The van der Waals surface area contributed by atoms with Gasteiger partial charge in [-0.05, 0) is 25.8 Å². The smallest absolute Gasteiger partial charge is 0.225 e. The Bertz CT molecular complexity index is 577. The number of benzene rings is 1. The van der Waals surface area contributed by atoms with Crippen LogP contribution in [0, 0.1) is 0 Å². The van der Waals surface area contributed by atoms with E-state index in [1.54, 1.807) is 16.9 Å². The molecule has 0 radical (unpaired) electrons. The molecule has 0 saturated carbocycles. The summed E-state index contributed by atoms with van der Waals surface area (Å²) in [4.78, 5) is 12.0. The lowest BCUT2D eigenvalue weighted by Crippen LogP contribution is -2.19. The SMILES string of the molecule is CC(C)n1nccc1NC(=O)CCC(N)c1ccccc1. The van der Waals surface area contributed by atoms with Crippen molar-refractivity contribution in [1.29, 1.82) is 0 Å². The van der Waals surface area contributed by atoms with Gasteiger partial charge < -0.3 is 11.1 Å². The Labute approximate surface area is 125 Å². The fourth-order valence-corrected chi connectivity index (χ4v) is 2.18. The molecule has 5 heteroatoms. The number of nitrogens with one attached hydrogen (secondary N) is 1. The summed E-state index contributed by atoms with van der Waals surface area (Å²) in [5, 5.41) is 7.07. The van der Waals surface area contributed by atoms with Gasteiger partial charge in [-0.25, -0.2) is 4.68 Å². The van der Waals surface area contributed by atoms with Crippen molar-refractivity contribution in [2.45, 2.75) is 38.8 Å². The maximum absolute atomic E-state index is 12.0. The highest BCUT2D eigenvalue weighted by molar-refractivity contribution is 5.89. The summed E-state index contributed by atoms with van der Waals surface area (Å²) in [5.74, 6) is 0.687. The van der Waals surface area contributed by atoms with Crippen LogP contribution >= 0.6 is 0 Å². The van der Waals surface area contributed by atoms with Crippen LogP contribution in [0.5, 0.6) is 0 Å². The maximum Gasteiger partial charge on any atom is 0.225 e. The first-order valence-corrected chi connectivity index (χ1v) is 7.22. The van der Waals surface area contributed by atoms with E-state index in [0.29, 0.717) is 12.8 Å². The Morgan fingerprint density at radius 2 is 2.00 bits per heavy atom. The number of nitrogens with zero attached hydrogens (tertiary/aromatic N) is 2. The van der Waals surface area contributed by atoms with Crippen LogP contribution in [0.15, 0.2) is 42.6 Å². The fourth-order valence-electron chi connectivity index (χ4n) is 2.18. The Morgan fingerprint density at radius 1 is 1.29 bits per heavy atom. The van der Waals surface area contributed by atoms with Gasteiger partial charge >= 0.3 is 0 Å². The number of aromatic nitrogens is 2. The zero-order chi connectivity index (χ0) is 15.2. The summed E-state index contributed by atoms with van der Waals surface area (Å²) in [6.07, 6.45) is 2.69. The first-order valence-electron chi connectivity index (χ1n) is 7.22. The van der Waals surface area contributed by atoms with Crippen molar-refractivity contribution in [2.24, 2.45) is 5.73 Å². The molecule has 1 atom stereocenters. The molecule has 1 amide bonds. The van der Waals surface area contributed by atoms with Gasteiger partial charge in [0.25, 0.3) is 0 Å². The molecule has 0 aliphatic rings. The van der Waals surface area contributed by atoms with E-state index in [0.717, 1.165) is 11.4 Å². The number of carbonyl (C=O) groups is 1. The molecular weight excluding hydrogens is 264 g/mol. The van der Waals surface area contributed by atoms with Crippen molar-refractivity contribution in [3.63, 3.8) is 0 Å². The van der Waals surface area contributed by atoms with E-state index in [9.17, 15) is 4.79 Å². The number of hydrogen-bond donors (Lipinski definition) is 2. The van der Waals surface area contributed by atoms with Gasteiger partial charge in [0, 0.05) is 24.6 Å². The lowest BCUT2D eigenvalue weighted by atomic mass is 10.0. The summed E-state index contributed by atoms with van der Waals surface area (Å²) >= 11 is 0. The van der Waals surface area contributed by atoms with E-state index < -0.39 is 0 Å². The van der Waals surface area contributed by atoms with E-state index in [1.807, 2.05) is 44.2 Å². The molecule has 3 N–H and O–H groups in total. The van der Waals surface area contributed by atoms with E-state index in [-0.39, 0.29) is 18.0 Å². The van der Waals surface area contributed by atoms with E-state index >= 15 is 0 Å². The van der Waals surface area contributed by atoms with E-state index in [2.05, 4.69) is 10.4 Å². The molecule has 1 heterocycles. The lowest BCUT2D eigenvalue weighted by Gasteiger charge is -2.13. The molecule has 0 bridgehead atoms. The number of anilines is 1. The molecule has 1 unspecified atom stereocenters. The zero-order valence-corrected chi connectivity index (χ0v) is 12.5. The van der Waals surface area contributed by atoms with Gasteiger partial charge in [0.1, 0.15) is 5.82 Å². The molecule has 0 aliphatic carbocycles. The first kappa shape index (κ1) is 15.3. The number of nitrogens with two attached hydrogens (primary N) is 1. The molecule has 2 aromatic rings. The Kier molecular flexibility index (Phi) is 5.11. The Balaban J connectivity index is 1.86. The van der Waals surface area contributed by atoms with Crippen LogP contribution in [0.3, 0.4) is 0 Å². The summed E-state index contributed by atoms with van der Waals surface area (Å²) < 4.78 is 1.79. The summed E-state index contributed by atoms with van der Waals surface area (Å²) in [6.45, 7) is 4.04. The molecule has 112 valence electrons. The van der Waals surface area contributed by atoms with Crippen molar-refractivity contribution in [2.75, 3.05) is 5.32 Å². The lowest BCUT2D eigenvalue weighted by molar-refractivity contribution is -0.116. The molecular formula is C16H22N4O. The third-order valence-corrected chi connectivity index (χ3v) is 3.34. The topological polar surface area (TPSA) is 72.9 Å². The minimum atomic E-state index is -0.119.